The number of fused-ring (bicyclic) bond motifs is 2. The molecule has 7 heteroatoms. The fourth-order valence-electron chi connectivity index (χ4n) is 4.36. The van der Waals surface area contributed by atoms with E-state index in [1.807, 2.05) is 32.9 Å². The first-order valence-electron chi connectivity index (χ1n) is 10.8. The summed E-state index contributed by atoms with van der Waals surface area (Å²) in [6.07, 6.45) is 0. The number of pyridine rings is 1. The number of aryl methyl sites for hydroxylation is 3. The number of aromatic nitrogens is 1. The lowest BCUT2D eigenvalue weighted by molar-refractivity contribution is 0.0600. The first-order chi connectivity index (χ1) is 16.3. The molecule has 0 fully saturated rings. The molecule has 2 aromatic heterocycles. The fourth-order valence-corrected chi connectivity index (χ4v) is 4.36. The molecule has 0 radical (unpaired) electrons. The molecule has 0 spiro atoms. The van der Waals surface area contributed by atoms with Gasteiger partial charge in [0, 0.05) is 5.69 Å². The van der Waals surface area contributed by atoms with Crippen molar-refractivity contribution >= 4 is 28.7 Å². The molecular weight excluding hydrogens is 432 g/mol. The van der Waals surface area contributed by atoms with Crippen molar-refractivity contribution in [3.63, 3.8) is 0 Å². The lowest BCUT2D eigenvalue weighted by Crippen LogP contribution is -2.30. The molecule has 4 aromatic rings. The molecule has 0 saturated heterocycles. The lowest BCUT2D eigenvalue weighted by atomic mass is 9.96. The molecular formula is C27H22N2O5. The van der Waals surface area contributed by atoms with Gasteiger partial charge < -0.3 is 9.15 Å². The zero-order valence-corrected chi connectivity index (χ0v) is 19.2. The third-order valence-electron chi connectivity index (χ3n) is 6.25. The number of methoxy groups -OCH3 is 1. The second kappa shape index (κ2) is 7.95. The van der Waals surface area contributed by atoms with Gasteiger partial charge in [0.1, 0.15) is 11.4 Å². The number of benzene rings is 2. The fraction of sp³-hybridized carbons (Fsp3) is 0.185. The van der Waals surface area contributed by atoms with Crippen LogP contribution < -0.4 is 10.3 Å². The molecule has 0 aliphatic carbocycles. The van der Waals surface area contributed by atoms with Gasteiger partial charge in [-0.2, -0.15) is 0 Å². The van der Waals surface area contributed by atoms with Crippen LogP contribution in [-0.2, 0) is 4.74 Å². The van der Waals surface area contributed by atoms with Crippen LogP contribution in [0.15, 0.2) is 63.8 Å². The highest BCUT2D eigenvalue weighted by Crippen LogP contribution is 2.40. The highest BCUT2D eigenvalue weighted by Gasteiger charge is 2.44. The number of nitrogens with zero attached hydrogens (tertiary/aromatic N) is 2. The third kappa shape index (κ3) is 3.28. The van der Waals surface area contributed by atoms with E-state index in [4.69, 9.17) is 9.15 Å². The third-order valence-corrected chi connectivity index (χ3v) is 6.25. The number of esters is 1. The van der Waals surface area contributed by atoms with E-state index in [0.717, 1.165) is 16.8 Å². The molecule has 5 rings (SSSR count). The van der Waals surface area contributed by atoms with Crippen LogP contribution in [0.1, 0.15) is 54.9 Å². The predicted octanol–water partition coefficient (Wildman–Crippen LogP) is 4.65. The number of anilines is 1. The van der Waals surface area contributed by atoms with Gasteiger partial charge in [0.15, 0.2) is 5.43 Å². The minimum atomic E-state index is -0.759. The Morgan fingerprint density at radius 1 is 1.00 bits per heavy atom. The van der Waals surface area contributed by atoms with Crippen molar-refractivity contribution in [1.29, 1.82) is 0 Å². The van der Waals surface area contributed by atoms with Gasteiger partial charge in [0.25, 0.3) is 5.91 Å². The Morgan fingerprint density at radius 2 is 1.71 bits per heavy atom. The van der Waals surface area contributed by atoms with E-state index in [9.17, 15) is 14.4 Å². The molecule has 1 atom stereocenters. The summed E-state index contributed by atoms with van der Waals surface area (Å²) in [5.74, 6) is -0.490. The van der Waals surface area contributed by atoms with Crippen molar-refractivity contribution < 1.29 is 18.7 Å². The van der Waals surface area contributed by atoms with Gasteiger partial charge >= 0.3 is 5.97 Å². The van der Waals surface area contributed by atoms with E-state index in [1.54, 1.807) is 42.5 Å². The van der Waals surface area contributed by atoms with Crippen LogP contribution in [0.5, 0.6) is 0 Å². The molecule has 1 amide bonds. The Morgan fingerprint density at radius 3 is 2.38 bits per heavy atom. The monoisotopic (exact) mass is 454 g/mol. The molecule has 1 aliphatic rings. The number of ether oxygens (including phenoxy) is 1. The Bertz CT molecular complexity index is 1540. The molecule has 2 aromatic carbocycles. The van der Waals surface area contributed by atoms with Gasteiger partial charge in [0.05, 0.1) is 29.7 Å². The Kier molecular flexibility index (Phi) is 5.05. The standard InChI is InChI=1S/C27H22N2O5/c1-14-12-19-20(13-15(14)2)34-25-22(24(19)30)23(17-8-10-18(11-9-17)27(32)33-4)29(26(25)31)21-7-5-6-16(3)28-21/h5-13,23H,1-4H3/t23-/m1/s1. The van der Waals surface area contributed by atoms with Crippen LogP contribution in [0.25, 0.3) is 11.0 Å². The van der Waals surface area contributed by atoms with Crippen molar-refractivity contribution in [3.05, 3.63) is 104 Å². The summed E-state index contributed by atoms with van der Waals surface area (Å²) in [7, 11) is 1.31. The zero-order valence-electron chi connectivity index (χ0n) is 19.2. The van der Waals surface area contributed by atoms with Crippen LogP contribution in [0, 0.1) is 20.8 Å². The number of carbonyl (C=O) groups is 2. The van der Waals surface area contributed by atoms with Gasteiger partial charge in [-0.05, 0) is 73.9 Å². The molecule has 1 aliphatic heterocycles. The SMILES string of the molecule is COC(=O)c1ccc([C@@H]2c3c(oc4cc(C)c(C)cc4c3=O)C(=O)N2c2cccc(C)n2)cc1. The summed E-state index contributed by atoms with van der Waals surface area (Å²) in [4.78, 5) is 45.3. The topological polar surface area (TPSA) is 89.7 Å². The molecule has 7 nitrogen and oxygen atoms in total. The second-order valence-corrected chi connectivity index (χ2v) is 8.44. The van der Waals surface area contributed by atoms with Gasteiger partial charge in [-0.1, -0.05) is 18.2 Å². The number of hydrogen-bond acceptors (Lipinski definition) is 6. The van der Waals surface area contributed by atoms with Crippen molar-refractivity contribution in [2.45, 2.75) is 26.8 Å². The average molecular weight is 454 g/mol. The van der Waals surface area contributed by atoms with E-state index in [2.05, 4.69) is 4.98 Å². The second-order valence-electron chi connectivity index (χ2n) is 8.44. The smallest absolute Gasteiger partial charge is 0.337 e. The number of rotatable bonds is 3. The first kappa shape index (κ1) is 21.6. The van der Waals surface area contributed by atoms with Gasteiger partial charge in [-0.3, -0.25) is 14.5 Å². The molecule has 3 heterocycles. The van der Waals surface area contributed by atoms with E-state index in [0.29, 0.717) is 27.9 Å². The quantitative estimate of drug-likeness (QED) is 0.419. The summed E-state index contributed by atoms with van der Waals surface area (Å²) < 4.78 is 10.8. The molecule has 0 unspecified atom stereocenters. The van der Waals surface area contributed by atoms with Gasteiger partial charge in [-0.15, -0.1) is 0 Å². The van der Waals surface area contributed by atoms with Crippen LogP contribution in [0.3, 0.4) is 0 Å². The predicted molar refractivity (Wildman–Crippen MR) is 127 cm³/mol. The minimum absolute atomic E-state index is 0.00565. The lowest BCUT2D eigenvalue weighted by Gasteiger charge is -2.24. The van der Waals surface area contributed by atoms with Crippen LogP contribution in [-0.4, -0.2) is 24.0 Å². The highest BCUT2D eigenvalue weighted by atomic mass is 16.5. The Balaban J connectivity index is 1.78. The van der Waals surface area contributed by atoms with Crippen molar-refractivity contribution in [3.8, 4) is 0 Å². The van der Waals surface area contributed by atoms with E-state index in [-0.39, 0.29) is 16.8 Å². The van der Waals surface area contributed by atoms with Crippen molar-refractivity contribution in [2.24, 2.45) is 0 Å². The van der Waals surface area contributed by atoms with Crippen molar-refractivity contribution in [1.82, 2.24) is 4.98 Å². The molecule has 34 heavy (non-hydrogen) atoms. The number of hydrogen-bond donors (Lipinski definition) is 0. The summed E-state index contributed by atoms with van der Waals surface area (Å²) in [6.45, 7) is 5.69. The summed E-state index contributed by atoms with van der Waals surface area (Å²) >= 11 is 0. The molecule has 170 valence electrons. The van der Waals surface area contributed by atoms with Crippen LogP contribution >= 0.6 is 0 Å². The average Bonchev–Trinajstić information content (AvgIpc) is 3.12. The van der Waals surface area contributed by atoms with Crippen LogP contribution in [0.2, 0.25) is 0 Å². The van der Waals surface area contributed by atoms with E-state index < -0.39 is 17.9 Å². The van der Waals surface area contributed by atoms with Gasteiger partial charge in [-0.25, -0.2) is 9.78 Å². The molecule has 0 N–H and O–H groups in total. The maximum absolute atomic E-state index is 13.7. The Labute approximate surface area is 195 Å². The first-order valence-corrected chi connectivity index (χ1v) is 10.8. The zero-order chi connectivity index (χ0) is 24.1. The maximum Gasteiger partial charge on any atom is 0.337 e. The number of carbonyl (C=O) groups excluding carboxylic acids is 2. The highest BCUT2D eigenvalue weighted by molar-refractivity contribution is 6.10. The number of amides is 1. The summed E-state index contributed by atoms with van der Waals surface area (Å²) in [5, 5.41) is 0.421. The molecule has 0 bridgehead atoms. The summed E-state index contributed by atoms with van der Waals surface area (Å²) in [6, 6.07) is 14.8. The Hall–Kier alpha value is -4.26. The van der Waals surface area contributed by atoms with Crippen molar-refractivity contribution in [2.75, 3.05) is 12.0 Å². The maximum atomic E-state index is 13.7. The van der Waals surface area contributed by atoms with E-state index >= 15 is 0 Å². The van der Waals surface area contributed by atoms with E-state index in [1.165, 1.54) is 12.0 Å². The van der Waals surface area contributed by atoms with Crippen LogP contribution in [0.4, 0.5) is 5.82 Å². The normalized spacial score (nSPS) is 15.0. The van der Waals surface area contributed by atoms with Gasteiger partial charge in [0.2, 0.25) is 5.76 Å². The molecule has 0 saturated carbocycles. The summed E-state index contributed by atoms with van der Waals surface area (Å²) in [5.41, 5.74) is 4.05. The minimum Gasteiger partial charge on any atom is -0.465 e. The largest absolute Gasteiger partial charge is 0.465 e.